The van der Waals surface area contributed by atoms with E-state index in [0.717, 1.165) is 12.8 Å². The summed E-state index contributed by atoms with van der Waals surface area (Å²) in [6.07, 6.45) is 1.24. The van der Waals surface area contributed by atoms with Gasteiger partial charge in [-0.15, -0.1) is 0 Å². The zero-order valence-electron chi connectivity index (χ0n) is 7.32. The average molecular weight is 173 g/mol. The summed E-state index contributed by atoms with van der Waals surface area (Å²) in [6.45, 7) is 5.06. The third kappa shape index (κ3) is 4.85. The molecule has 1 atom stereocenters. The van der Waals surface area contributed by atoms with Gasteiger partial charge in [-0.1, -0.05) is 13.3 Å². The Kier molecular flexibility index (Phi) is 6.28. The van der Waals surface area contributed by atoms with E-state index in [1.165, 1.54) is 0 Å². The van der Waals surface area contributed by atoms with Crippen molar-refractivity contribution in [1.29, 1.82) is 0 Å². The fraction of sp³-hybridized carbons (Fsp3) is 0.750. The molecule has 1 amide bonds. The van der Waals surface area contributed by atoms with E-state index >= 15 is 0 Å². The second kappa shape index (κ2) is 6.79. The third-order valence-corrected chi connectivity index (χ3v) is 1.46. The highest BCUT2D eigenvalue weighted by Gasteiger charge is 2.11. The summed E-state index contributed by atoms with van der Waals surface area (Å²) < 4.78 is 4.85. The smallest absolute Gasteiger partial charge is 0.433 e. The van der Waals surface area contributed by atoms with Gasteiger partial charge in [-0.25, -0.2) is 4.79 Å². The Labute approximate surface area is 72.3 Å². The molecule has 0 saturated carbocycles. The van der Waals surface area contributed by atoms with Crippen LogP contribution in [0, 0.1) is 0 Å². The summed E-state index contributed by atoms with van der Waals surface area (Å²) in [6, 6.07) is 0. The summed E-state index contributed by atoms with van der Waals surface area (Å²) in [5.74, 6) is 0. The van der Waals surface area contributed by atoms with Crippen molar-refractivity contribution in [1.82, 2.24) is 0 Å². The van der Waals surface area contributed by atoms with E-state index in [0.29, 0.717) is 6.42 Å². The minimum atomic E-state index is -0.665. The lowest BCUT2D eigenvalue weighted by molar-refractivity contribution is 0.0828. The molecular weight excluding hydrogens is 158 g/mol. The van der Waals surface area contributed by atoms with Crippen molar-refractivity contribution in [2.75, 3.05) is 6.61 Å². The van der Waals surface area contributed by atoms with Gasteiger partial charge < -0.3 is 9.84 Å². The topological polar surface area (TPSA) is 58.9 Å². The van der Waals surface area contributed by atoms with Crippen LogP contribution in [0.15, 0.2) is 4.99 Å². The molecule has 1 N–H and O–H groups in total. The number of carbonyl (C=O) groups is 1. The standard InChI is InChI=1S/C8H15NO3/c1-3-4-7(5-6-10)12-8(11)9-2/h7,10H,2-6H2,1H3. The van der Waals surface area contributed by atoms with Crippen LogP contribution < -0.4 is 0 Å². The third-order valence-electron chi connectivity index (χ3n) is 1.46. The van der Waals surface area contributed by atoms with E-state index < -0.39 is 6.09 Å². The SMILES string of the molecule is C=NC(=O)OC(CCC)CCO. The molecule has 4 nitrogen and oxygen atoms in total. The highest BCUT2D eigenvalue weighted by atomic mass is 16.6. The first-order chi connectivity index (χ1) is 5.74. The van der Waals surface area contributed by atoms with Crippen LogP contribution in [0.4, 0.5) is 4.79 Å². The van der Waals surface area contributed by atoms with E-state index in [4.69, 9.17) is 9.84 Å². The first kappa shape index (κ1) is 11.1. The number of ether oxygens (including phenoxy) is 1. The number of aliphatic hydroxyl groups excluding tert-OH is 1. The largest absolute Gasteiger partial charge is 0.445 e. The molecule has 4 heteroatoms. The van der Waals surface area contributed by atoms with Gasteiger partial charge in [0.2, 0.25) is 0 Å². The number of carbonyl (C=O) groups excluding carboxylic acids is 1. The molecule has 0 aromatic heterocycles. The number of hydrogen-bond acceptors (Lipinski definition) is 3. The molecule has 0 bridgehead atoms. The van der Waals surface area contributed by atoms with Gasteiger partial charge in [0.05, 0.1) is 0 Å². The van der Waals surface area contributed by atoms with Crippen LogP contribution in [-0.4, -0.2) is 30.6 Å². The van der Waals surface area contributed by atoms with E-state index in [1.807, 2.05) is 6.92 Å². The molecule has 0 aromatic carbocycles. The highest BCUT2D eigenvalue weighted by Crippen LogP contribution is 2.07. The number of aliphatic imine (C=N–C) groups is 1. The van der Waals surface area contributed by atoms with Crippen molar-refractivity contribution >= 4 is 12.8 Å². The molecule has 0 aliphatic rings. The van der Waals surface area contributed by atoms with Crippen LogP contribution in [0.5, 0.6) is 0 Å². The lowest BCUT2D eigenvalue weighted by atomic mass is 10.1. The predicted molar refractivity (Wildman–Crippen MR) is 46.4 cm³/mol. The van der Waals surface area contributed by atoms with Gasteiger partial charge in [-0.3, -0.25) is 0 Å². The Hall–Kier alpha value is -0.900. The van der Waals surface area contributed by atoms with Crippen LogP contribution in [0.3, 0.4) is 0 Å². The van der Waals surface area contributed by atoms with E-state index in [2.05, 4.69) is 11.7 Å². The lowest BCUT2D eigenvalue weighted by Gasteiger charge is -2.13. The molecule has 70 valence electrons. The molecule has 1 unspecified atom stereocenters. The zero-order valence-corrected chi connectivity index (χ0v) is 7.32. The van der Waals surface area contributed by atoms with Gasteiger partial charge >= 0.3 is 6.09 Å². The summed E-state index contributed by atoms with van der Waals surface area (Å²) in [7, 11) is 0. The van der Waals surface area contributed by atoms with Crippen molar-refractivity contribution in [2.24, 2.45) is 4.99 Å². The van der Waals surface area contributed by atoms with Gasteiger partial charge in [0.1, 0.15) is 6.10 Å². The lowest BCUT2D eigenvalue weighted by Crippen LogP contribution is -2.17. The number of hydrogen-bond donors (Lipinski definition) is 1. The van der Waals surface area contributed by atoms with Crippen LogP contribution in [0.1, 0.15) is 26.2 Å². The molecule has 0 spiro atoms. The van der Waals surface area contributed by atoms with Gasteiger partial charge in [-0.05, 0) is 13.1 Å². The van der Waals surface area contributed by atoms with Crippen molar-refractivity contribution in [3.05, 3.63) is 0 Å². The predicted octanol–water partition coefficient (Wildman–Crippen LogP) is 1.37. The summed E-state index contributed by atoms with van der Waals surface area (Å²) >= 11 is 0. The van der Waals surface area contributed by atoms with Crippen molar-refractivity contribution in [3.8, 4) is 0 Å². The first-order valence-corrected chi connectivity index (χ1v) is 4.02. The van der Waals surface area contributed by atoms with Crippen molar-refractivity contribution in [3.63, 3.8) is 0 Å². The molecular formula is C8H15NO3. The van der Waals surface area contributed by atoms with Gasteiger partial charge in [0, 0.05) is 13.0 Å². The van der Waals surface area contributed by atoms with E-state index in [9.17, 15) is 4.79 Å². The van der Waals surface area contributed by atoms with Crippen LogP contribution in [0.25, 0.3) is 0 Å². The summed E-state index contributed by atoms with van der Waals surface area (Å²) in [5.41, 5.74) is 0. The number of aliphatic hydroxyl groups is 1. The zero-order chi connectivity index (χ0) is 9.40. The molecule has 0 rings (SSSR count). The Morgan fingerprint density at radius 1 is 1.67 bits per heavy atom. The fourth-order valence-electron chi connectivity index (χ4n) is 0.908. The normalized spacial score (nSPS) is 12.2. The average Bonchev–Trinajstić information content (AvgIpc) is 2.05. The molecule has 0 heterocycles. The Morgan fingerprint density at radius 3 is 2.75 bits per heavy atom. The maximum Gasteiger partial charge on any atom is 0.433 e. The maximum atomic E-state index is 10.6. The van der Waals surface area contributed by atoms with Crippen molar-refractivity contribution < 1.29 is 14.6 Å². The quantitative estimate of drug-likeness (QED) is 0.639. The monoisotopic (exact) mass is 173 g/mol. The van der Waals surface area contributed by atoms with Gasteiger partial charge in [0.15, 0.2) is 0 Å². The minimum Gasteiger partial charge on any atom is -0.445 e. The molecule has 0 fully saturated rings. The Morgan fingerprint density at radius 2 is 2.33 bits per heavy atom. The second-order valence-electron chi connectivity index (χ2n) is 2.46. The minimum absolute atomic E-state index is 0.0229. The van der Waals surface area contributed by atoms with Crippen LogP contribution in [-0.2, 0) is 4.74 Å². The number of amides is 1. The van der Waals surface area contributed by atoms with E-state index in [-0.39, 0.29) is 12.7 Å². The Bertz CT molecular complexity index is 141. The van der Waals surface area contributed by atoms with E-state index in [1.54, 1.807) is 0 Å². The van der Waals surface area contributed by atoms with Crippen LogP contribution >= 0.6 is 0 Å². The molecule has 0 aromatic rings. The Balaban J connectivity index is 3.76. The maximum absolute atomic E-state index is 10.6. The molecule has 0 aliphatic heterocycles. The first-order valence-electron chi connectivity index (χ1n) is 4.02. The van der Waals surface area contributed by atoms with Crippen LogP contribution in [0.2, 0.25) is 0 Å². The second-order valence-corrected chi connectivity index (χ2v) is 2.46. The fourth-order valence-corrected chi connectivity index (χ4v) is 0.908. The van der Waals surface area contributed by atoms with Crippen molar-refractivity contribution in [2.45, 2.75) is 32.3 Å². The van der Waals surface area contributed by atoms with Gasteiger partial charge in [-0.2, -0.15) is 4.99 Å². The number of nitrogens with zero attached hydrogens (tertiary/aromatic N) is 1. The highest BCUT2D eigenvalue weighted by molar-refractivity contribution is 5.73. The molecule has 0 aliphatic carbocycles. The molecule has 0 radical (unpaired) electrons. The van der Waals surface area contributed by atoms with Gasteiger partial charge in [0.25, 0.3) is 0 Å². The number of rotatable bonds is 5. The molecule has 12 heavy (non-hydrogen) atoms. The molecule has 0 saturated heterocycles. The summed E-state index contributed by atoms with van der Waals surface area (Å²) in [5, 5.41) is 8.61. The summed E-state index contributed by atoms with van der Waals surface area (Å²) in [4.78, 5) is 13.7.